The smallest absolute Gasteiger partial charge is 0.255 e. The van der Waals surface area contributed by atoms with Crippen molar-refractivity contribution in [3.8, 4) is 0 Å². The van der Waals surface area contributed by atoms with Gasteiger partial charge in [0.2, 0.25) is 5.91 Å². The number of halogens is 1. The molecule has 1 heterocycles. The lowest BCUT2D eigenvalue weighted by Crippen LogP contribution is -2.23. The van der Waals surface area contributed by atoms with E-state index in [1.54, 1.807) is 0 Å². The van der Waals surface area contributed by atoms with E-state index in [2.05, 4.69) is 27.9 Å². The molecule has 2 amide bonds. The summed E-state index contributed by atoms with van der Waals surface area (Å²) in [6.07, 6.45) is 1.57. The van der Waals surface area contributed by atoms with Crippen LogP contribution in [0, 0.1) is 3.57 Å². The van der Waals surface area contributed by atoms with Gasteiger partial charge in [0.15, 0.2) is 0 Å². The normalized spacial score (nSPS) is 14.1. The summed E-state index contributed by atoms with van der Waals surface area (Å²) in [4.78, 5) is 25.8. The van der Waals surface area contributed by atoms with Gasteiger partial charge in [0.1, 0.15) is 0 Å². The van der Waals surface area contributed by atoms with Gasteiger partial charge in [-0.15, -0.1) is 0 Å². The highest BCUT2D eigenvalue weighted by molar-refractivity contribution is 14.1. The molecule has 0 bridgehead atoms. The summed E-state index contributed by atoms with van der Waals surface area (Å²) in [5.74, 6) is 0.0779. The van der Waals surface area contributed by atoms with Crippen LogP contribution in [0.2, 0.25) is 0 Å². The van der Waals surface area contributed by atoms with Crippen LogP contribution in [0.3, 0.4) is 0 Å². The second-order valence-corrected chi connectivity index (χ2v) is 6.83. The standard InChI is InChI=1S/C18H17IN2O2/c19-15-8-6-14(7-9-15)18(23)20-16-4-1-3-13(11-16)12-21-10-2-5-17(21)22/h1,3-4,6-9,11H,2,5,10,12H2,(H,20,23). The third kappa shape index (κ3) is 4.10. The molecular formula is C18H17IN2O2. The van der Waals surface area contributed by atoms with Gasteiger partial charge in [0.05, 0.1) is 0 Å². The third-order valence-corrected chi connectivity index (χ3v) is 4.56. The molecule has 0 saturated carbocycles. The van der Waals surface area contributed by atoms with Gasteiger partial charge in [-0.3, -0.25) is 9.59 Å². The van der Waals surface area contributed by atoms with Crippen molar-refractivity contribution < 1.29 is 9.59 Å². The molecule has 4 nitrogen and oxygen atoms in total. The number of carbonyl (C=O) groups is 2. The van der Waals surface area contributed by atoms with Gasteiger partial charge in [-0.25, -0.2) is 0 Å². The maximum atomic E-state index is 12.3. The van der Waals surface area contributed by atoms with Crippen LogP contribution in [-0.2, 0) is 11.3 Å². The zero-order valence-corrected chi connectivity index (χ0v) is 14.7. The van der Waals surface area contributed by atoms with E-state index in [0.717, 1.165) is 27.8 Å². The van der Waals surface area contributed by atoms with Crippen LogP contribution in [0.5, 0.6) is 0 Å². The highest BCUT2D eigenvalue weighted by Gasteiger charge is 2.20. The average molecular weight is 420 g/mol. The van der Waals surface area contributed by atoms with Gasteiger partial charge in [-0.05, 0) is 71.0 Å². The number of benzene rings is 2. The Bertz CT molecular complexity index is 728. The molecule has 0 unspecified atom stereocenters. The number of hydrogen-bond donors (Lipinski definition) is 1. The summed E-state index contributed by atoms with van der Waals surface area (Å²) in [5.41, 5.74) is 2.41. The van der Waals surface area contributed by atoms with Crippen molar-refractivity contribution in [2.45, 2.75) is 19.4 Å². The van der Waals surface area contributed by atoms with Crippen LogP contribution < -0.4 is 5.32 Å². The summed E-state index contributed by atoms with van der Waals surface area (Å²) < 4.78 is 1.09. The van der Waals surface area contributed by atoms with E-state index >= 15 is 0 Å². The van der Waals surface area contributed by atoms with Gasteiger partial charge in [-0.2, -0.15) is 0 Å². The van der Waals surface area contributed by atoms with E-state index in [-0.39, 0.29) is 11.8 Å². The Kier molecular flexibility index (Phi) is 4.95. The van der Waals surface area contributed by atoms with Gasteiger partial charge >= 0.3 is 0 Å². The quantitative estimate of drug-likeness (QED) is 0.768. The number of amides is 2. The van der Waals surface area contributed by atoms with Crippen molar-refractivity contribution in [2.75, 3.05) is 11.9 Å². The molecule has 1 saturated heterocycles. The van der Waals surface area contributed by atoms with E-state index in [1.165, 1.54) is 0 Å². The number of rotatable bonds is 4. The molecule has 0 aromatic heterocycles. The topological polar surface area (TPSA) is 49.4 Å². The molecule has 0 atom stereocenters. The molecule has 1 fully saturated rings. The Morgan fingerprint density at radius 3 is 2.65 bits per heavy atom. The largest absolute Gasteiger partial charge is 0.338 e. The Morgan fingerprint density at radius 1 is 1.17 bits per heavy atom. The average Bonchev–Trinajstić information content (AvgIpc) is 2.93. The minimum Gasteiger partial charge on any atom is -0.338 e. The summed E-state index contributed by atoms with van der Waals surface area (Å²) in [7, 11) is 0. The number of likely N-dealkylation sites (tertiary alicyclic amines) is 1. The maximum Gasteiger partial charge on any atom is 0.255 e. The van der Waals surface area contributed by atoms with Crippen molar-refractivity contribution in [2.24, 2.45) is 0 Å². The first-order valence-electron chi connectivity index (χ1n) is 7.55. The molecule has 5 heteroatoms. The number of nitrogens with zero attached hydrogens (tertiary/aromatic N) is 1. The van der Waals surface area contributed by atoms with Crippen LogP contribution in [0.4, 0.5) is 5.69 Å². The lowest BCUT2D eigenvalue weighted by atomic mass is 10.1. The minimum absolute atomic E-state index is 0.129. The summed E-state index contributed by atoms with van der Waals surface area (Å²) >= 11 is 2.21. The third-order valence-electron chi connectivity index (χ3n) is 3.84. The molecule has 0 radical (unpaired) electrons. The zero-order chi connectivity index (χ0) is 16.2. The van der Waals surface area contributed by atoms with Crippen LogP contribution in [0.25, 0.3) is 0 Å². The van der Waals surface area contributed by atoms with Gasteiger partial charge < -0.3 is 10.2 Å². The van der Waals surface area contributed by atoms with E-state index in [4.69, 9.17) is 0 Å². The molecule has 2 aromatic carbocycles. The molecule has 1 aliphatic rings. The second-order valence-electron chi connectivity index (χ2n) is 5.58. The molecule has 0 aliphatic carbocycles. The molecule has 0 spiro atoms. The van der Waals surface area contributed by atoms with Crippen LogP contribution >= 0.6 is 22.6 Å². The Balaban J connectivity index is 1.68. The molecule has 1 aliphatic heterocycles. The number of carbonyl (C=O) groups excluding carboxylic acids is 2. The van der Waals surface area contributed by atoms with Crippen molar-refractivity contribution in [3.05, 3.63) is 63.2 Å². The van der Waals surface area contributed by atoms with Crippen LogP contribution in [0.15, 0.2) is 48.5 Å². The first-order valence-corrected chi connectivity index (χ1v) is 8.63. The predicted molar refractivity (Wildman–Crippen MR) is 98.2 cm³/mol. The van der Waals surface area contributed by atoms with Crippen molar-refractivity contribution in [1.82, 2.24) is 4.90 Å². The SMILES string of the molecule is O=C(Nc1cccc(CN2CCCC2=O)c1)c1ccc(I)cc1. The predicted octanol–water partition coefficient (Wildman–Crippen LogP) is 3.67. The fourth-order valence-corrected chi connectivity index (χ4v) is 3.00. The van der Waals surface area contributed by atoms with E-state index in [9.17, 15) is 9.59 Å². The Hall–Kier alpha value is -1.89. The lowest BCUT2D eigenvalue weighted by Gasteiger charge is -2.16. The molecule has 23 heavy (non-hydrogen) atoms. The monoisotopic (exact) mass is 420 g/mol. The fourth-order valence-electron chi connectivity index (χ4n) is 2.64. The molecule has 2 aromatic rings. The van der Waals surface area contributed by atoms with Crippen molar-refractivity contribution >= 4 is 40.1 Å². The van der Waals surface area contributed by atoms with Crippen molar-refractivity contribution in [1.29, 1.82) is 0 Å². The molecule has 3 rings (SSSR count). The maximum absolute atomic E-state index is 12.3. The van der Waals surface area contributed by atoms with Gasteiger partial charge in [-0.1, -0.05) is 12.1 Å². The molecular weight excluding hydrogens is 403 g/mol. The number of anilines is 1. The first-order chi connectivity index (χ1) is 11.1. The lowest BCUT2D eigenvalue weighted by molar-refractivity contribution is -0.128. The first kappa shape index (κ1) is 16.0. The molecule has 118 valence electrons. The van der Waals surface area contributed by atoms with E-state index in [0.29, 0.717) is 18.5 Å². The number of hydrogen-bond acceptors (Lipinski definition) is 2. The highest BCUT2D eigenvalue weighted by Crippen LogP contribution is 2.18. The second kappa shape index (κ2) is 7.12. The summed E-state index contributed by atoms with van der Waals surface area (Å²) in [6, 6.07) is 15.1. The van der Waals surface area contributed by atoms with Crippen LogP contribution in [-0.4, -0.2) is 23.3 Å². The molecule has 1 N–H and O–H groups in total. The van der Waals surface area contributed by atoms with Gasteiger partial charge in [0.25, 0.3) is 5.91 Å². The minimum atomic E-state index is -0.129. The van der Waals surface area contributed by atoms with Gasteiger partial charge in [0, 0.05) is 34.3 Å². The Labute approximate surface area is 149 Å². The Morgan fingerprint density at radius 2 is 1.96 bits per heavy atom. The zero-order valence-electron chi connectivity index (χ0n) is 12.6. The van der Waals surface area contributed by atoms with E-state index in [1.807, 2.05) is 53.4 Å². The highest BCUT2D eigenvalue weighted by atomic mass is 127. The van der Waals surface area contributed by atoms with E-state index < -0.39 is 0 Å². The number of nitrogens with one attached hydrogen (secondary N) is 1. The fraction of sp³-hybridized carbons (Fsp3) is 0.222. The summed E-state index contributed by atoms with van der Waals surface area (Å²) in [6.45, 7) is 1.42. The van der Waals surface area contributed by atoms with Crippen LogP contribution in [0.1, 0.15) is 28.8 Å². The van der Waals surface area contributed by atoms with Crippen molar-refractivity contribution in [3.63, 3.8) is 0 Å². The summed E-state index contributed by atoms with van der Waals surface area (Å²) in [5, 5.41) is 2.91.